The molecule has 17 heavy (non-hydrogen) atoms. The highest BCUT2D eigenvalue weighted by Gasteiger charge is 2.18. The Morgan fingerprint density at radius 2 is 2.12 bits per heavy atom. The third kappa shape index (κ3) is 4.84. The largest absolute Gasteiger partial charge is 0.271 e. The molecule has 1 rings (SSSR count). The predicted octanol–water partition coefficient (Wildman–Crippen LogP) is 3.52. The van der Waals surface area contributed by atoms with Gasteiger partial charge in [-0.3, -0.25) is 11.3 Å². The number of halogens is 2. The summed E-state index contributed by atoms with van der Waals surface area (Å²) >= 11 is 7.45. The van der Waals surface area contributed by atoms with E-state index in [0.29, 0.717) is 16.3 Å². The van der Waals surface area contributed by atoms with Crippen molar-refractivity contribution < 1.29 is 4.39 Å². The smallest absolute Gasteiger partial charge is 0.129 e. The molecule has 0 saturated heterocycles. The second-order valence-corrected chi connectivity index (χ2v) is 7.09. The summed E-state index contributed by atoms with van der Waals surface area (Å²) in [5.41, 5.74) is 3.20. The molecule has 0 saturated carbocycles. The first-order valence-electron chi connectivity index (χ1n) is 5.38. The average molecular weight is 277 g/mol. The van der Waals surface area contributed by atoms with Gasteiger partial charge in [-0.05, 0) is 12.1 Å². The number of thioether (sulfide) groups is 1. The fourth-order valence-electron chi connectivity index (χ4n) is 1.35. The van der Waals surface area contributed by atoms with Crippen molar-refractivity contribution in [3.8, 4) is 0 Å². The van der Waals surface area contributed by atoms with Crippen LogP contribution in [0.15, 0.2) is 18.2 Å². The molecule has 0 aliphatic rings. The number of rotatable bonds is 4. The van der Waals surface area contributed by atoms with Crippen LogP contribution < -0.4 is 11.3 Å². The van der Waals surface area contributed by atoms with Gasteiger partial charge < -0.3 is 0 Å². The molecule has 0 amide bonds. The minimum absolute atomic E-state index is 0.123. The minimum atomic E-state index is -0.324. The van der Waals surface area contributed by atoms with Gasteiger partial charge in [0.1, 0.15) is 5.82 Å². The molecule has 1 unspecified atom stereocenters. The van der Waals surface area contributed by atoms with Crippen molar-refractivity contribution in [3.05, 3.63) is 34.6 Å². The topological polar surface area (TPSA) is 38.0 Å². The minimum Gasteiger partial charge on any atom is -0.271 e. The highest BCUT2D eigenvalue weighted by Crippen LogP contribution is 2.29. The lowest BCUT2D eigenvalue weighted by Gasteiger charge is -2.23. The number of benzene rings is 1. The van der Waals surface area contributed by atoms with Crippen LogP contribution in [-0.2, 0) is 0 Å². The van der Waals surface area contributed by atoms with Crippen molar-refractivity contribution in [2.75, 3.05) is 5.75 Å². The van der Waals surface area contributed by atoms with Gasteiger partial charge >= 0.3 is 0 Å². The normalized spacial score (nSPS) is 13.8. The monoisotopic (exact) mass is 276 g/mol. The van der Waals surface area contributed by atoms with Crippen LogP contribution in [0.3, 0.4) is 0 Å². The van der Waals surface area contributed by atoms with Crippen LogP contribution in [0.25, 0.3) is 0 Å². The molecule has 0 aliphatic carbocycles. The van der Waals surface area contributed by atoms with E-state index in [9.17, 15) is 4.39 Å². The van der Waals surface area contributed by atoms with Crippen LogP contribution in [-0.4, -0.2) is 10.5 Å². The van der Waals surface area contributed by atoms with E-state index in [2.05, 4.69) is 26.2 Å². The molecule has 0 bridgehead atoms. The lowest BCUT2D eigenvalue weighted by Crippen LogP contribution is -2.31. The van der Waals surface area contributed by atoms with Crippen LogP contribution in [0.4, 0.5) is 4.39 Å². The number of hydrogen-bond donors (Lipinski definition) is 2. The summed E-state index contributed by atoms with van der Waals surface area (Å²) < 4.78 is 13.8. The molecule has 0 radical (unpaired) electrons. The lowest BCUT2D eigenvalue weighted by atomic mass is 10.1. The highest BCUT2D eigenvalue weighted by atomic mass is 35.5. The Labute approximate surface area is 111 Å². The molecular formula is C12H18ClFN2S. The Morgan fingerprint density at radius 3 is 2.59 bits per heavy atom. The maximum atomic E-state index is 13.7. The van der Waals surface area contributed by atoms with Gasteiger partial charge in [-0.15, -0.1) is 0 Å². The third-order valence-corrected chi connectivity index (χ3v) is 3.82. The SMILES string of the molecule is CC(C)(C)SCC(NN)c1ccc(Cl)cc1F. The maximum absolute atomic E-state index is 13.7. The fraction of sp³-hybridized carbons (Fsp3) is 0.500. The third-order valence-electron chi connectivity index (χ3n) is 2.22. The van der Waals surface area contributed by atoms with E-state index in [-0.39, 0.29) is 16.6 Å². The van der Waals surface area contributed by atoms with E-state index in [0.717, 1.165) is 0 Å². The Bertz CT molecular complexity index is 379. The maximum Gasteiger partial charge on any atom is 0.129 e. The van der Waals surface area contributed by atoms with E-state index in [4.69, 9.17) is 17.4 Å². The van der Waals surface area contributed by atoms with Crippen LogP contribution in [0, 0.1) is 5.82 Å². The average Bonchev–Trinajstić information content (AvgIpc) is 2.19. The van der Waals surface area contributed by atoms with Crippen LogP contribution in [0.1, 0.15) is 32.4 Å². The fourth-order valence-corrected chi connectivity index (χ4v) is 2.45. The Morgan fingerprint density at radius 1 is 1.47 bits per heavy atom. The number of hydrazine groups is 1. The zero-order chi connectivity index (χ0) is 13.1. The second-order valence-electron chi connectivity index (χ2n) is 4.81. The zero-order valence-corrected chi connectivity index (χ0v) is 11.8. The van der Waals surface area contributed by atoms with E-state index >= 15 is 0 Å². The summed E-state index contributed by atoms with van der Waals surface area (Å²) in [6.07, 6.45) is 0. The first-order chi connectivity index (χ1) is 7.83. The molecule has 1 aromatic carbocycles. The Hall–Kier alpha value is -0.290. The number of nitrogens with two attached hydrogens (primary N) is 1. The van der Waals surface area contributed by atoms with E-state index in [1.54, 1.807) is 23.9 Å². The molecular weight excluding hydrogens is 259 g/mol. The molecule has 1 atom stereocenters. The summed E-state index contributed by atoms with van der Waals surface area (Å²) in [6, 6.07) is 4.44. The second kappa shape index (κ2) is 6.05. The number of nitrogens with one attached hydrogen (secondary N) is 1. The van der Waals surface area contributed by atoms with Gasteiger partial charge in [0.25, 0.3) is 0 Å². The van der Waals surface area contributed by atoms with Gasteiger partial charge in [0.15, 0.2) is 0 Å². The van der Waals surface area contributed by atoms with Gasteiger partial charge in [-0.2, -0.15) is 11.8 Å². The zero-order valence-electron chi connectivity index (χ0n) is 10.3. The predicted molar refractivity (Wildman–Crippen MR) is 73.7 cm³/mol. The Kier molecular flexibility index (Phi) is 5.25. The summed E-state index contributed by atoms with van der Waals surface area (Å²) in [4.78, 5) is 0. The van der Waals surface area contributed by atoms with Crippen molar-refractivity contribution in [1.29, 1.82) is 0 Å². The van der Waals surface area contributed by atoms with Crippen molar-refractivity contribution >= 4 is 23.4 Å². The van der Waals surface area contributed by atoms with Crippen molar-refractivity contribution in [3.63, 3.8) is 0 Å². The van der Waals surface area contributed by atoms with Crippen LogP contribution in [0.2, 0.25) is 5.02 Å². The van der Waals surface area contributed by atoms with Crippen molar-refractivity contribution in [2.45, 2.75) is 31.6 Å². The standard InChI is InChI=1S/C12H18ClFN2S/c1-12(2,3)17-7-11(16-15)9-5-4-8(13)6-10(9)14/h4-6,11,16H,7,15H2,1-3H3. The van der Waals surface area contributed by atoms with Crippen molar-refractivity contribution in [1.82, 2.24) is 5.43 Å². The lowest BCUT2D eigenvalue weighted by molar-refractivity contribution is 0.545. The Balaban J connectivity index is 2.79. The number of hydrogen-bond acceptors (Lipinski definition) is 3. The molecule has 0 heterocycles. The molecule has 0 spiro atoms. The highest BCUT2D eigenvalue weighted by molar-refractivity contribution is 8.00. The first-order valence-corrected chi connectivity index (χ1v) is 6.75. The van der Waals surface area contributed by atoms with Gasteiger partial charge in [0.2, 0.25) is 0 Å². The molecule has 96 valence electrons. The molecule has 0 aromatic heterocycles. The van der Waals surface area contributed by atoms with E-state index < -0.39 is 0 Å². The van der Waals surface area contributed by atoms with Gasteiger partial charge in [0.05, 0.1) is 6.04 Å². The van der Waals surface area contributed by atoms with E-state index in [1.807, 2.05) is 0 Å². The molecule has 0 aliphatic heterocycles. The van der Waals surface area contributed by atoms with Crippen LogP contribution >= 0.6 is 23.4 Å². The molecule has 5 heteroatoms. The van der Waals surface area contributed by atoms with Gasteiger partial charge in [0, 0.05) is 21.1 Å². The molecule has 3 N–H and O–H groups in total. The van der Waals surface area contributed by atoms with Crippen LogP contribution in [0.5, 0.6) is 0 Å². The summed E-state index contributed by atoms with van der Waals surface area (Å²) in [5, 5.41) is 0.394. The van der Waals surface area contributed by atoms with Crippen molar-refractivity contribution in [2.24, 2.45) is 5.84 Å². The molecule has 2 nitrogen and oxygen atoms in total. The first kappa shape index (κ1) is 14.8. The summed E-state index contributed by atoms with van der Waals surface area (Å²) in [6.45, 7) is 6.34. The molecule has 1 aromatic rings. The van der Waals surface area contributed by atoms with Gasteiger partial charge in [-0.1, -0.05) is 38.4 Å². The summed E-state index contributed by atoms with van der Waals surface area (Å²) in [7, 11) is 0. The van der Waals surface area contributed by atoms with Gasteiger partial charge in [-0.25, -0.2) is 4.39 Å². The van der Waals surface area contributed by atoms with E-state index in [1.165, 1.54) is 6.07 Å². The molecule has 0 fully saturated rings. The summed E-state index contributed by atoms with van der Waals surface area (Å²) in [5.74, 6) is 5.86. The quantitative estimate of drug-likeness (QED) is 0.653.